The molecule has 4 nitrogen and oxygen atoms in total. The van der Waals surface area contributed by atoms with Crippen molar-refractivity contribution in [3.8, 4) is 5.75 Å². The van der Waals surface area contributed by atoms with Crippen molar-refractivity contribution in [1.29, 1.82) is 0 Å². The van der Waals surface area contributed by atoms with Crippen molar-refractivity contribution < 1.29 is 9.53 Å². The van der Waals surface area contributed by atoms with Crippen LogP contribution < -0.4 is 4.74 Å². The molecule has 6 rings (SSSR count). The number of carbonyl (C=O) groups is 1. The Morgan fingerprint density at radius 3 is 2.54 bits per heavy atom. The zero-order valence-corrected chi connectivity index (χ0v) is 16.5. The Morgan fingerprint density at radius 2 is 1.93 bits per heavy atom. The lowest BCUT2D eigenvalue weighted by molar-refractivity contribution is -0.138. The summed E-state index contributed by atoms with van der Waals surface area (Å²) in [7, 11) is 1.69. The van der Waals surface area contributed by atoms with Crippen LogP contribution in [0.15, 0.2) is 42.7 Å². The number of ketones is 1. The number of methoxy groups -OCH3 is 1. The van der Waals surface area contributed by atoms with Crippen molar-refractivity contribution in [1.82, 2.24) is 9.78 Å². The van der Waals surface area contributed by atoms with Crippen LogP contribution in [0.3, 0.4) is 0 Å². The summed E-state index contributed by atoms with van der Waals surface area (Å²) in [4.78, 5) is 13.2. The van der Waals surface area contributed by atoms with Gasteiger partial charge >= 0.3 is 0 Å². The summed E-state index contributed by atoms with van der Waals surface area (Å²) in [5.74, 6) is 3.59. The number of hydrogen-bond donors (Lipinski definition) is 0. The largest absolute Gasteiger partial charge is 0.496 e. The number of carbonyl (C=O) groups excluding carboxylic acids is 1. The predicted octanol–water partition coefficient (Wildman–Crippen LogP) is 4.74. The van der Waals surface area contributed by atoms with Gasteiger partial charge in [0.1, 0.15) is 5.75 Å². The Kier molecular flexibility index (Phi) is 4.37. The Balaban J connectivity index is 1.35. The van der Waals surface area contributed by atoms with Gasteiger partial charge in [0.05, 0.1) is 13.7 Å². The molecule has 0 aliphatic heterocycles. The van der Waals surface area contributed by atoms with Gasteiger partial charge in [0.2, 0.25) is 0 Å². The molecule has 4 aliphatic rings. The number of hydrogen-bond acceptors (Lipinski definition) is 3. The fourth-order valence-corrected chi connectivity index (χ4v) is 6.36. The molecule has 146 valence electrons. The lowest BCUT2D eigenvalue weighted by Gasteiger charge is -2.55. The maximum atomic E-state index is 13.2. The summed E-state index contributed by atoms with van der Waals surface area (Å²) in [5, 5.41) is 4.29. The van der Waals surface area contributed by atoms with Crippen LogP contribution in [0.25, 0.3) is 6.08 Å². The zero-order chi connectivity index (χ0) is 19.1. The summed E-state index contributed by atoms with van der Waals surface area (Å²) in [5.41, 5.74) is 2.05. The monoisotopic (exact) mass is 376 g/mol. The van der Waals surface area contributed by atoms with Crippen molar-refractivity contribution in [3.05, 3.63) is 53.9 Å². The molecule has 1 heterocycles. The van der Waals surface area contributed by atoms with Gasteiger partial charge in [0.15, 0.2) is 5.78 Å². The van der Waals surface area contributed by atoms with Crippen LogP contribution in [0.4, 0.5) is 0 Å². The molecular formula is C24H28N2O2. The van der Waals surface area contributed by atoms with Crippen molar-refractivity contribution in [2.45, 2.75) is 45.1 Å². The molecular weight excluding hydrogens is 348 g/mol. The molecule has 4 fully saturated rings. The smallest absolute Gasteiger partial charge is 0.161 e. The molecule has 4 aliphatic carbocycles. The van der Waals surface area contributed by atoms with Gasteiger partial charge in [-0.2, -0.15) is 5.10 Å². The number of ether oxygens (including phenoxy) is 1. The maximum Gasteiger partial charge on any atom is 0.161 e. The minimum Gasteiger partial charge on any atom is -0.496 e. The lowest BCUT2D eigenvalue weighted by Crippen LogP contribution is -2.49. The first kappa shape index (κ1) is 17.7. The molecule has 2 aromatic rings. The quantitative estimate of drug-likeness (QED) is 0.684. The Hall–Kier alpha value is -2.36. The van der Waals surface area contributed by atoms with E-state index < -0.39 is 0 Å². The molecule has 0 N–H and O–H groups in total. The summed E-state index contributed by atoms with van der Waals surface area (Å²) in [6.07, 6.45) is 15.0. The van der Waals surface area contributed by atoms with E-state index in [4.69, 9.17) is 4.74 Å². The highest BCUT2D eigenvalue weighted by Crippen LogP contribution is 2.60. The molecule has 0 atom stereocenters. The van der Waals surface area contributed by atoms with Crippen LogP contribution >= 0.6 is 0 Å². The van der Waals surface area contributed by atoms with Crippen molar-refractivity contribution in [3.63, 3.8) is 0 Å². The van der Waals surface area contributed by atoms with E-state index in [9.17, 15) is 4.79 Å². The third kappa shape index (κ3) is 3.19. The van der Waals surface area contributed by atoms with E-state index in [2.05, 4.69) is 11.2 Å². The number of aromatic nitrogens is 2. The van der Waals surface area contributed by atoms with E-state index in [1.165, 1.54) is 19.3 Å². The average Bonchev–Trinajstić information content (AvgIpc) is 3.18. The van der Waals surface area contributed by atoms with E-state index in [1.807, 2.05) is 41.2 Å². The van der Waals surface area contributed by atoms with Crippen molar-refractivity contribution in [2.75, 3.05) is 7.11 Å². The maximum absolute atomic E-state index is 13.2. The Morgan fingerprint density at radius 1 is 1.21 bits per heavy atom. The number of nitrogens with zero attached hydrogens (tertiary/aromatic N) is 2. The first-order chi connectivity index (χ1) is 13.6. The van der Waals surface area contributed by atoms with E-state index in [1.54, 1.807) is 13.3 Å². The Labute approximate surface area is 166 Å². The second-order valence-electron chi connectivity index (χ2n) is 9.17. The molecule has 4 bridgehead atoms. The summed E-state index contributed by atoms with van der Waals surface area (Å²) in [6.45, 7) is 0.654. The van der Waals surface area contributed by atoms with Crippen LogP contribution in [0, 0.1) is 23.2 Å². The molecule has 4 heteroatoms. The lowest BCUT2D eigenvalue weighted by atomic mass is 9.48. The standard InChI is InChI=1S/C24H28N2O2/c1-28-22-5-3-17(12-21(22)16-26-8-2-7-25-26)4-6-23(27)24-13-18-9-19(14-24)11-20(10-18)15-24/h2-8,12,18-20H,9-11,13-16H2,1H3/b6-4+. The molecule has 0 unspecified atom stereocenters. The molecule has 4 saturated carbocycles. The molecule has 0 radical (unpaired) electrons. The van der Waals surface area contributed by atoms with Crippen molar-refractivity contribution >= 4 is 11.9 Å². The van der Waals surface area contributed by atoms with Gasteiger partial charge < -0.3 is 4.74 Å². The van der Waals surface area contributed by atoms with Gasteiger partial charge in [-0.15, -0.1) is 0 Å². The van der Waals surface area contributed by atoms with E-state index in [-0.39, 0.29) is 5.41 Å². The van der Waals surface area contributed by atoms with Crippen LogP contribution in [0.1, 0.15) is 49.7 Å². The van der Waals surface area contributed by atoms with E-state index >= 15 is 0 Å². The fourth-order valence-electron chi connectivity index (χ4n) is 6.36. The van der Waals surface area contributed by atoms with Crippen LogP contribution in [0.5, 0.6) is 5.75 Å². The topological polar surface area (TPSA) is 44.1 Å². The summed E-state index contributed by atoms with van der Waals surface area (Å²) in [6, 6.07) is 8.02. The summed E-state index contributed by atoms with van der Waals surface area (Å²) >= 11 is 0. The van der Waals surface area contributed by atoms with Crippen LogP contribution in [-0.2, 0) is 11.3 Å². The molecule has 0 saturated heterocycles. The number of benzene rings is 1. The molecule has 28 heavy (non-hydrogen) atoms. The molecule has 1 aromatic carbocycles. The van der Waals surface area contributed by atoms with Gasteiger partial charge in [0.25, 0.3) is 0 Å². The van der Waals surface area contributed by atoms with E-state index in [0.717, 1.165) is 53.9 Å². The highest BCUT2D eigenvalue weighted by molar-refractivity contribution is 5.98. The first-order valence-electron chi connectivity index (χ1n) is 10.5. The van der Waals surface area contributed by atoms with Gasteiger partial charge in [-0.25, -0.2) is 0 Å². The van der Waals surface area contributed by atoms with Crippen molar-refractivity contribution in [2.24, 2.45) is 23.2 Å². The summed E-state index contributed by atoms with van der Waals surface area (Å²) < 4.78 is 7.39. The van der Waals surface area contributed by atoms with Gasteiger partial charge in [-0.1, -0.05) is 12.1 Å². The van der Waals surface area contributed by atoms with E-state index in [0.29, 0.717) is 12.3 Å². The molecule has 1 aromatic heterocycles. The fraction of sp³-hybridized carbons (Fsp3) is 0.500. The predicted molar refractivity (Wildman–Crippen MR) is 109 cm³/mol. The number of allylic oxidation sites excluding steroid dienone is 1. The van der Waals surface area contributed by atoms with Crippen LogP contribution in [0.2, 0.25) is 0 Å². The Bertz CT molecular complexity index is 862. The first-order valence-corrected chi connectivity index (χ1v) is 10.5. The second-order valence-corrected chi connectivity index (χ2v) is 9.17. The molecule has 0 amide bonds. The second kappa shape index (κ2) is 6.91. The van der Waals surface area contributed by atoms with Gasteiger partial charge in [-0.05, 0) is 86.1 Å². The minimum atomic E-state index is -0.0599. The number of rotatable bonds is 6. The van der Waals surface area contributed by atoms with Gasteiger partial charge in [-0.3, -0.25) is 9.48 Å². The minimum absolute atomic E-state index is 0.0599. The third-order valence-electron chi connectivity index (χ3n) is 7.18. The highest BCUT2D eigenvalue weighted by Gasteiger charge is 2.53. The van der Waals surface area contributed by atoms with Crippen LogP contribution in [-0.4, -0.2) is 22.7 Å². The SMILES string of the molecule is COc1ccc(/C=C/C(=O)C23CC4CC(CC(C4)C2)C3)cc1Cn1cccn1. The molecule has 0 spiro atoms. The third-order valence-corrected chi connectivity index (χ3v) is 7.18. The highest BCUT2D eigenvalue weighted by atomic mass is 16.5. The van der Waals surface area contributed by atoms with Gasteiger partial charge in [0, 0.05) is 23.4 Å². The average molecular weight is 377 g/mol. The zero-order valence-electron chi connectivity index (χ0n) is 16.5. The normalized spacial score (nSPS) is 30.8.